The number of anilines is 1. The molecule has 0 atom stereocenters. The van der Waals surface area contributed by atoms with Gasteiger partial charge in [-0.05, 0) is 30.3 Å². The van der Waals surface area contributed by atoms with Gasteiger partial charge in [-0.3, -0.25) is 4.79 Å². The van der Waals surface area contributed by atoms with Crippen molar-refractivity contribution in [2.45, 2.75) is 4.90 Å². The second kappa shape index (κ2) is 6.88. The van der Waals surface area contributed by atoms with Gasteiger partial charge in [0.15, 0.2) is 0 Å². The maximum absolute atomic E-state index is 12.4. The van der Waals surface area contributed by atoms with Gasteiger partial charge in [0.25, 0.3) is 5.91 Å². The molecule has 0 unspecified atom stereocenters. The van der Waals surface area contributed by atoms with Crippen molar-refractivity contribution in [1.82, 2.24) is 4.31 Å². The molecule has 122 valence electrons. The van der Waals surface area contributed by atoms with Crippen LogP contribution in [0.4, 0.5) is 5.69 Å². The summed E-state index contributed by atoms with van der Waals surface area (Å²) in [5.74, 6) is -0.543. The van der Waals surface area contributed by atoms with Crippen LogP contribution in [-0.4, -0.2) is 32.7 Å². The van der Waals surface area contributed by atoms with Crippen LogP contribution in [0.15, 0.2) is 47.4 Å². The van der Waals surface area contributed by atoms with Crippen molar-refractivity contribution in [3.05, 3.63) is 58.1 Å². The van der Waals surface area contributed by atoms with Crippen LogP contribution in [0.1, 0.15) is 10.4 Å². The Kier molecular flexibility index (Phi) is 5.31. The smallest absolute Gasteiger partial charge is 0.257 e. The number of para-hydroxylation sites is 1. The maximum Gasteiger partial charge on any atom is 0.257 e. The summed E-state index contributed by atoms with van der Waals surface area (Å²) in [6.07, 6.45) is 0. The van der Waals surface area contributed by atoms with E-state index < -0.39 is 15.9 Å². The monoisotopic (exact) mass is 372 g/mol. The predicted molar refractivity (Wildman–Crippen MR) is 91.7 cm³/mol. The van der Waals surface area contributed by atoms with E-state index >= 15 is 0 Å². The summed E-state index contributed by atoms with van der Waals surface area (Å²) in [7, 11) is -0.842. The molecule has 8 heteroatoms. The molecule has 23 heavy (non-hydrogen) atoms. The molecule has 2 aromatic carbocycles. The number of nitrogens with one attached hydrogen (secondary N) is 1. The number of hydrogen-bond donors (Lipinski definition) is 1. The minimum absolute atomic E-state index is 0.0174. The number of amides is 1. The van der Waals surface area contributed by atoms with Gasteiger partial charge >= 0.3 is 0 Å². The van der Waals surface area contributed by atoms with E-state index in [1.807, 2.05) is 0 Å². The van der Waals surface area contributed by atoms with Crippen LogP contribution in [-0.2, 0) is 10.0 Å². The fraction of sp³-hybridized carbons (Fsp3) is 0.133. The van der Waals surface area contributed by atoms with E-state index in [9.17, 15) is 13.2 Å². The lowest BCUT2D eigenvalue weighted by Gasteiger charge is -2.13. The Labute approximate surface area is 144 Å². The molecule has 0 saturated carbocycles. The molecule has 2 aromatic rings. The van der Waals surface area contributed by atoms with Gasteiger partial charge in [-0.25, -0.2) is 12.7 Å². The lowest BCUT2D eigenvalue weighted by molar-refractivity contribution is 0.102. The summed E-state index contributed by atoms with van der Waals surface area (Å²) in [5, 5.41) is 3.13. The van der Waals surface area contributed by atoms with Crippen LogP contribution < -0.4 is 5.32 Å². The van der Waals surface area contributed by atoms with Crippen molar-refractivity contribution in [3.8, 4) is 0 Å². The molecule has 0 aliphatic heterocycles. The van der Waals surface area contributed by atoms with Gasteiger partial charge in [-0.1, -0.05) is 35.3 Å². The van der Waals surface area contributed by atoms with Crippen LogP contribution >= 0.6 is 23.2 Å². The van der Waals surface area contributed by atoms with Crippen LogP contribution in [0.5, 0.6) is 0 Å². The topological polar surface area (TPSA) is 66.5 Å². The Bertz CT molecular complexity index is 852. The first-order chi connectivity index (χ1) is 10.7. The largest absolute Gasteiger partial charge is 0.321 e. The van der Waals surface area contributed by atoms with E-state index in [4.69, 9.17) is 23.2 Å². The van der Waals surface area contributed by atoms with Crippen molar-refractivity contribution in [2.75, 3.05) is 19.4 Å². The van der Waals surface area contributed by atoms with E-state index in [2.05, 4.69) is 5.32 Å². The van der Waals surface area contributed by atoms with E-state index in [0.717, 1.165) is 4.31 Å². The highest BCUT2D eigenvalue weighted by atomic mass is 35.5. The van der Waals surface area contributed by atoms with E-state index in [-0.39, 0.29) is 15.5 Å². The van der Waals surface area contributed by atoms with Crippen molar-refractivity contribution in [2.24, 2.45) is 0 Å². The van der Waals surface area contributed by atoms with Gasteiger partial charge in [-0.2, -0.15) is 0 Å². The molecule has 0 aromatic heterocycles. The second-order valence-electron chi connectivity index (χ2n) is 4.86. The highest BCUT2D eigenvalue weighted by Gasteiger charge is 2.21. The molecular formula is C15H14Cl2N2O3S. The van der Waals surface area contributed by atoms with Crippen LogP contribution in [0, 0.1) is 0 Å². The quantitative estimate of drug-likeness (QED) is 0.892. The first kappa shape index (κ1) is 17.7. The van der Waals surface area contributed by atoms with Crippen molar-refractivity contribution < 1.29 is 13.2 Å². The van der Waals surface area contributed by atoms with Gasteiger partial charge in [-0.15, -0.1) is 0 Å². The van der Waals surface area contributed by atoms with E-state index in [0.29, 0.717) is 10.7 Å². The SMILES string of the molecule is CN(C)S(=O)(=O)c1ccc(Cl)c(C(=O)Nc2ccccc2Cl)c1. The number of hydrogen-bond acceptors (Lipinski definition) is 3. The number of nitrogens with zero attached hydrogens (tertiary/aromatic N) is 1. The molecule has 5 nitrogen and oxygen atoms in total. The summed E-state index contributed by atoms with van der Waals surface area (Å²) in [4.78, 5) is 12.4. The van der Waals surface area contributed by atoms with Crippen LogP contribution in [0.3, 0.4) is 0 Å². The molecule has 0 heterocycles. The molecule has 0 aliphatic rings. The number of rotatable bonds is 4. The van der Waals surface area contributed by atoms with Gasteiger partial charge in [0.05, 0.1) is 26.2 Å². The van der Waals surface area contributed by atoms with Gasteiger partial charge in [0.2, 0.25) is 10.0 Å². The Morgan fingerprint density at radius 2 is 1.70 bits per heavy atom. The molecule has 0 aliphatic carbocycles. The fourth-order valence-corrected chi connectivity index (χ4v) is 3.12. The van der Waals surface area contributed by atoms with E-state index in [1.165, 1.54) is 32.3 Å². The highest BCUT2D eigenvalue weighted by Crippen LogP contribution is 2.25. The van der Waals surface area contributed by atoms with Crippen LogP contribution in [0.25, 0.3) is 0 Å². The molecule has 0 radical (unpaired) electrons. The Balaban J connectivity index is 2.40. The minimum atomic E-state index is -3.66. The number of sulfonamides is 1. The van der Waals surface area contributed by atoms with Crippen LogP contribution in [0.2, 0.25) is 10.0 Å². The number of benzene rings is 2. The summed E-state index contributed by atoms with van der Waals surface area (Å²) < 4.78 is 25.4. The lowest BCUT2D eigenvalue weighted by Crippen LogP contribution is -2.23. The number of carbonyl (C=O) groups is 1. The molecule has 2 rings (SSSR count). The third-order valence-electron chi connectivity index (χ3n) is 3.08. The summed E-state index contributed by atoms with van der Waals surface area (Å²) in [5.41, 5.74) is 0.464. The molecule has 0 bridgehead atoms. The Morgan fingerprint density at radius 3 is 2.30 bits per heavy atom. The molecule has 0 fully saturated rings. The maximum atomic E-state index is 12.4. The van der Waals surface area contributed by atoms with Gasteiger partial charge in [0.1, 0.15) is 0 Å². The Hall–Kier alpha value is -1.60. The average molecular weight is 373 g/mol. The zero-order valence-corrected chi connectivity index (χ0v) is 14.7. The number of carbonyl (C=O) groups excluding carboxylic acids is 1. The Morgan fingerprint density at radius 1 is 1.04 bits per heavy atom. The first-order valence-electron chi connectivity index (χ1n) is 6.51. The standard InChI is InChI=1S/C15H14Cl2N2O3S/c1-19(2)23(21,22)10-7-8-12(16)11(9-10)15(20)18-14-6-4-3-5-13(14)17/h3-9H,1-2H3,(H,18,20). The summed E-state index contributed by atoms with van der Waals surface area (Å²) in [6, 6.07) is 10.7. The zero-order chi connectivity index (χ0) is 17.2. The van der Waals surface area contributed by atoms with Crippen molar-refractivity contribution in [1.29, 1.82) is 0 Å². The van der Waals surface area contributed by atoms with E-state index in [1.54, 1.807) is 24.3 Å². The van der Waals surface area contributed by atoms with Crippen molar-refractivity contribution in [3.63, 3.8) is 0 Å². The van der Waals surface area contributed by atoms with Gasteiger partial charge in [0, 0.05) is 14.1 Å². The average Bonchev–Trinajstić information content (AvgIpc) is 2.49. The number of halogens is 2. The molecule has 0 saturated heterocycles. The van der Waals surface area contributed by atoms with Gasteiger partial charge < -0.3 is 5.32 Å². The second-order valence-corrected chi connectivity index (χ2v) is 7.83. The summed E-state index contributed by atoms with van der Waals surface area (Å²) in [6.45, 7) is 0. The fourth-order valence-electron chi connectivity index (χ4n) is 1.80. The third kappa shape index (κ3) is 3.84. The first-order valence-corrected chi connectivity index (χ1v) is 8.71. The normalized spacial score (nSPS) is 11.5. The highest BCUT2D eigenvalue weighted by molar-refractivity contribution is 7.89. The van der Waals surface area contributed by atoms with Crippen molar-refractivity contribution >= 4 is 44.8 Å². The minimum Gasteiger partial charge on any atom is -0.321 e. The molecule has 1 N–H and O–H groups in total. The zero-order valence-electron chi connectivity index (χ0n) is 12.4. The molecular weight excluding hydrogens is 359 g/mol. The lowest BCUT2D eigenvalue weighted by atomic mass is 10.2. The molecule has 0 spiro atoms. The summed E-state index contributed by atoms with van der Waals surface area (Å²) >= 11 is 12.0. The molecule has 1 amide bonds. The third-order valence-corrected chi connectivity index (χ3v) is 5.55. The predicted octanol–water partition coefficient (Wildman–Crippen LogP) is 3.50.